The third-order valence-corrected chi connectivity index (χ3v) is 2.63. The molecule has 84 valence electrons. The smallest absolute Gasteiger partial charge is 0.0553 e. The molecule has 0 heterocycles. The average Bonchev–Trinajstić information content (AvgIpc) is 2.19. The first-order valence-corrected chi connectivity index (χ1v) is 5.30. The number of aliphatic hydroxyl groups is 1. The second-order valence-electron chi connectivity index (χ2n) is 4.45. The zero-order valence-electron chi connectivity index (χ0n) is 9.79. The lowest BCUT2D eigenvalue weighted by molar-refractivity contribution is 0.146. The molecule has 0 radical (unpaired) electrons. The molecule has 0 aliphatic rings. The van der Waals surface area contributed by atoms with Crippen molar-refractivity contribution in [1.82, 2.24) is 0 Å². The van der Waals surface area contributed by atoms with Gasteiger partial charge in [0.05, 0.1) is 6.61 Å². The van der Waals surface area contributed by atoms with Gasteiger partial charge in [-0.1, -0.05) is 38.1 Å². The van der Waals surface area contributed by atoms with E-state index in [1.165, 1.54) is 11.1 Å². The molecule has 0 bridgehead atoms. The molecular weight excluding hydrogens is 188 g/mol. The number of ether oxygens (including phenoxy) is 1. The Morgan fingerprint density at radius 3 is 2.53 bits per heavy atom. The molecule has 0 fully saturated rings. The summed E-state index contributed by atoms with van der Waals surface area (Å²) >= 11 is 0. The van der Waals surface area contributed by atoms with Crippen molar-refractivity contribution in [3.05, 3.63) is 35.4 Å². The highest BCUT2D eigenvalue weighted by molar-refractivity contribution is 5.33. The Morgan fingerprint density at radius 1 is 1.27 bits per heavy atom. The normalized spacial score (nSPS) is 11.7. The van der Waals surface area contributed by atoms with Gasteiger partial charge in [0, 0.05) is 19.1 Å². The van der Waals surface area contributed by atoms with E-state index in [1.807, 2.05) is 12.1 Å². The van der Waals surface area contributed by atoms with Crippen molar-refractivity contribution in [1.29, 1.82) is 0 Å². The molecule has 1 aromatic carbocycles. The van der Waals surface area contributed by atoms with Gasteiger partial charge < -0.3 is 9.84 Å². The highest BCUT2D eigenvalue weighted by atomic mass is 16.5. The number of hydrogen-bond acceptors (Lipinski definition) is 2. The molecule has 0 aromatic heterocycles. The fourth-order valence-electron chi connectivity index (χ4n) is 1.96. The minimum Gasteiger partial charge on any atom is -0.396 e. The van der Waals surface area contributed by atoms with Gasteiger partial charge in [0.25, 0.3) is 0 Å². The van der Waals surface area contributed by atoms with Crippen LogP contribution in [0.1, 0.15) is 25.0 Å². The van der Waals surface area contributed by atoms with Gasteiger partial charge >= 0.3 is 0 Å². The van der Waals surface area contributed by atoms with E-state index in [0.717, 1.165) is 0 Å². The van der Waals surface area contributed by atoms with Crippen LogP contribution in [0, 0.1) is 0 Å². The molecule has 1 rings (SSSR count). The van der Waals surface area contributed by atoms with E-state index in [4.69, 9.17) is 9.84 Å². The number of methoxy groups -OCH3 is 1. The second-order valence-corrected chi connectivity index (χ2v) is 4.45. The van der Waals surface area contributed by atoms with Crippen LogP contribution in [0.4, 0.5) is 0 Å². The van der Waals surface area contributed by atoms with Crippen molar-refractivity contribution in [2.45, 2.75) is 25.7 Å². The first-order chi connectivity index (χ1) is 7.11. The minimum atomic E-state index is 0.000509. The maximum Gasteiger partial charge on any atom is 0.0553 e. The molecule has 1 aromatic rings. The summed E-state index contributed by atoms with van der Waals surface area (Å²) in [7, 11) is 1.72. The maximum absolute atomic E-state index is 9.01. The quantitative estimate of drug-likeness (QED) is 0.803. The standard InChI is InChI=1S/C13H20O2/c1-13(2,10-15-3)12-7-5-4-6-11(12)8-9-14/h4-7,14H,8-10H2,1-3H3. The summed E-state index contributed by atoms with van der Waals surface area (Å²) in [5, 5.41) is 9.01. The van der Waals surface area contributed by atoms with Crippen molar-refractivity contribution < 1.29 is 9.84 Å². The molecule has 2 nitrogen and oxygen atoms in total. The summed E-state index contributed by atoms with van der Waals surface area (Å²) in [6.45, 7) is 5.20. The fraction of sp³-hybridized carbons (Fsp3) is 0.538. The van der Waals surface area contributed by atoms with E-state index in [1.54, 1.807) is 7.11 Å². The SMILES string of the molecule is COCC(C)(C)c1ccccc1CCO. The summed E-state index contributed by atoms with van der Waals surface area (Å²) < 4.78 is 5.23. The predicted octanol–water partition coefficient (Wildman–Crippen LogP) is 2.15. The maximum atomic E-state index is 9.01. The minimum absolute atomic E-state index is 0.000509. The van der Waals surface area contributed by atoms with Crippen molar-refractivity contribution in [3.63, 3.8) is 0 Å². The van der Waals surface area contributed by atoms with Crippen molar-refractivity contribution in [2.75, 3.05) is 20.3 Å². The molecule has 0 saturated heterocycles. The van der Waals surface area contributed by atoms with Gasteiger partial charge in [0.2, 0.25) is 0 Å². The van der Waals surface area contributed by atoms with Gasteiger partial charge in [-0.15, -0.1) is 0 Å². The molecule has 15 heavy (non-hydrogen) atoms. The third kappa shape index (κ3) is 3.05. The summed E-state index contributed by atoms with van der Waals surface area (Å²) in [4.78, 5) is 0. The number of aliphatic hydroxyl groups excluding tert-OH is 1. The molecule has 0 spiro atoms. The highest BCUT2D eigenvalue weighted by Crippen LogP contribution is 2.26. The summed E-state index contributed by atoms with van der Waals surface area (Å²) in [5.41, 5.74) is 2.48. The number of hydrogen-bond donors (Lipinski definition) is 1. The Hall–Kier alpha value is -0.860. The largest absolute Gasteiger partial charge is 0.396 e. The lowest BCUT2D eigenvalue weighted by Crippen LogP contribution is -2.25. The van der Waals surface area contributed by atoms with Crippen LogP contribution >= 0.6 is 0 Å². The summed E-state index contributed by atoms with van der Waals surface area (Å²) in [6, 6.07) is 8.23. The monoisotopic (exact) mass is 208 g/mol. The van der Waals surface area contributed by atoms with Gasteiger partial charge in [0.15, 0.2) is 0 Å². The van der Waals surface area contributed by atoms with Crippen LogP contribution in [0.15, 0.2) is 24.3 Å². The van der Waals surface area contributed by atoms with Crippen LogP contribution in [0.5, 0.6) is 0 Å². The Kier molecular flexibility index (Phi) is 4.30. The fourth-order valence-corrected chi connectivity index (χ4v) is 1.96. The van der Waals surface area contributed by atoms with Gasteiger partial charge in [-0.25, -0.2) is 0 Å². The van der Waals surface area contributed by atoms with E-state index in [9.17, 15) is 0 Å². The third-order valence-electron chi connectivity index (χ3n) is 2.63. The Balaban J connectivity index is 3.00. The van der Waals surface area contributed by atoms with Crippen molar-refractivity contribution in [3.8, 4) is 0 Å². The molecule has 0 unspecified atom stereocenters. The molecule has 0 aliphatic heterocycles. The summed E-state index contributed by atoms with van der Waals surface area (Å²) in [6.07, 6.45) is 0.712. The van der Waals surface area contributed by atoms with E-state index in [-0.39, 0.29) is 12.0 Å². The Bertz CT molecular complexity index is 305. The average molecular weight is 208 g/mol. The van der Waals surface area contributed by atoms with Crippen LogP contribution in [0.3, 0.4) is 0 Å². The zero-order chi connectivity index (χ0) is 11.3. The molecule has 0 saturated carbocycles. The number of benzene rings is 1. The van der Waals surface area contributed by atoms with E-state index in [2.05, 4.69) is 26.0 Å². The van der Waals surface area contributed by atoms with Gasteiger partial charge in [-0.2, -0.15) is 0 Å². The highest BCUT2D eigenvalue weighted by Gasteiger charge is 2.22. The molecule has 1 N–H and O–H groups in total. The zero-order valence-corrected chi connectivity index (χ0v) is 9.79. The van der Waals surface area contributed by atoms with Gasteiger partial charge in [-0.3, -0.25) is 0 Å². The van der Waals surface area contributed by atoms with Crippen LogP contribution in [0.25, 0.3) is 0 Å². The van der Waals surface area contributed by atoms with Gasteiger partial charge in [0.1, 0.15) is 0 Å². The first kappa shape index (κ1) is 12.2. The van der Waals surface area contributed by atoms with Crippen LogP contribution < -0.4 is 0 Å². The van der Waals surface area contributed by atoms with E-state index >= 15 is 0 Å². The molecule has 0 atom stereocenters. The molecule has 0 aliphatic carbocycles. The van der Waals surface area contributed by atoms with Gasteiger partial charge in [-0.05, 0) is 17.5 Å². The van der Waals surface area contributed by atoms with E-state index in [0.29, 0.717) is 13.0 Å². The molecular formula is C13H20O2. The van der Waals surface area contributed by atoms with Crippen molar-refractivity contribution in [2.24, 2.45) is 0 Å². The van der Waals surface area contributed by atoms with E-state index < -0.39 is 0 Å². The molecule has 0 amide bonds. The van der Waals surface area contributed by atoms with Crippen LogP contribution in [0.2, 0.25) is 0 Å². The lowest BCUT2D eigenvalue weighted by Gasteiger charge is -2.26. The molecule has 2 heteroatoms. The van der Waals surface area contributed by atoms with Crippen LogP contribution in [-0.2, 0) is 16.6 Å². The topological polar surface area (TPSA) is 29.5 Å². The van der Waals surface area contributed by atoms with Crippen LogP contribution in [-0.4, -0.2) is 25.4 Å². The lowest BCUT2D eigenvalue weighted by atomic mass is 9.82. The first-order valence-electron chi connectivity index (χ1n) is 5.30. The van der Waals surface area contributed by atoms with Crippen molar-refractivity contribution >= 4 is 0 Å². The number of rotatable bonds is 5. The summed E-state index contributed by atoms with van der Waals surface area (Å²) in [5.74, 6) is 0. The predicted molar refractivity (Wildman–Crippen MR) is 62.1 cm³/mol. The Labute approximate surface area is 91.9 Å². The Morgan fingerprint density at radius 2 is 1.93 bits per heavy atom. The second kappa shape index (κ2) is 5.29.